The lowest BCUT2D eigenvalue weighted by molar-refractivity contribution is 0.143. The number of nitrogens with zero attached hydrogens (tertiary/aromatic N) is 4. The van der Waals surface area contributed by atoms with Crippen LogP contribution in [0.25, 0.3) is 10.7 Å². The summed E-state index contributed by atoms with van der Waals surface area (Å²) in [6.07, 6.45) is 5.83. The smallest absolute Gasteiger partial charge is 0.147 e. The zero-order valence-corrected chi connectivity index (χ0v) is 13.9. The van der Waals surface area contributed by atoms with Crippen LogP contribution in [0, 0.1) is 0 Å². The van der Waals surface area contributed by atoms with Crippen molar-refractivity contribution in [1.29, 1.82) is 0 Å². The van der Waals surface area contributed by atoms with E-state index in [9.17, 15) is 0 Å². The Kier molecular flexibility index (Phi) is 3.99. The Morgan fingerprint density at radius 2 is 2.35 bits per heavy atom. The molecule has 120 valence electrons. The largest absolute Gasteiger partial charge is 0.340 e. The highest BCUT2D eigenvalue weighted by atomic mass is 32.1. The van der Waals surface area contributed by atoms with E-state index in [2.05, 4.69) is 54.3 Å². The summed E-state index contributed by atoms with van der Waals surface area (Å²) in [7, 11) is 2.06. The minimum Gasteiger partial charge on any atom is -0.340 e. The van der Waals surface area contributed by atoms with Crippen LogP contribution in [0.1, 0.15) is 17.6 Å². The second-order valence-electron chi connectivity index (χ2n) is 5.82. The Hall–Kier alpha value is -1.96. The summed E-state index contributed by atoms with van der Waals surface area (Å²) in [5.74, 6) is 2.06. The molecule has 3 aromatic rings. The molecule has 4 rings (SSSR count). The number of aromatic amines is 1. The van der Waals surface area contributed by atoms with Gasteiger partial charge in [0.15, 0.2) is 0 Å². The summed E-state index contributed by atoms with van der Waals surface area (Å²) < 4.78 is 2.11. The lowest BCUT2D eigenvalue weighted by Gasteiger charge is -2.35. The van der Waals surface area contributed by atoms with E-state index >= 15 is 0 Å². The van der Waals surface area contributed by atoms with Crippen molar-refractivity contribution in [3.05, 3.63) is 47.6 Å². The third-order valence-corrected chi connectivity index (χ3v) is 5.14. The topological polar surface area (TPSA) is 61.8 Å². The van der Waals surface area contributed by atoms with Gasteiger partial charge in [-0.05, 0) is 11.4 Å². The maximum Gasteiger partial charge on any atom is 0.147 e. The van der Waals surface area contributed by atoms with Crippen LogP contribution in [0.5, 0.6) is 0 Å². The fourth-order valence-electron chi connectivity index (χ4n) is 3.09. The molecule has 1 aliphatic heterocycles. The van der Waals surface area contributed by atoms with Crippen LogP contribution >= 0.6 is 11.3 Å². The van der Waals surface area contributed by atoms with Crippen molar-refractivity contribution < 1.29 is 0 Å². The molecule has 2 N–H and O–H groups in total. The first-order valence-electron chi connectivity index (χ1n) is 7.81. The Morgan fingerprint density at radius 3 is 3.13 bits per heavy atom. The van der Waals surface area contributed by atoms with Gasteiger partial charge >= 0.3 is 0 Å². The van der Waals surface area contributed by atoms with Crippen molar-refractivity contribution >= 4 is 11.3 Å². The van der Waals surface area contributed by atoms with Gasteiger partial charge < -0.3 is 14.9 Å². The molecular weight excluding hydrogens is 308 g/mol. The predicted molar refractivity (Wildman–Crippen MR) is 91.1 cm³/mol. The van der Waals surface area contributed by atoms with Gasteiger partial charge in [0.05, 0.1) is 10.9 Å². The second-order valence-corrected chi connectivity index (χ2v) is 6.77. The van der Waals surface area contributed by atoms with Gasteiger partial charge in [-0.1, -0.05) is 6.07 Å². The number of thiophene rings is 1. The molecule has 0 amide bonds. The molecule has 7 heteroatoms. The maximum atomic E-state index is 4.53. The fourth-order valence-corrected chi connectivity index (χ4v) is 3.76. The number of aryl methyl sites for hydroxylation is 1. The molecule has 1 saturated heterocycles. The van der Waals surface area contributed by atoms with E-state index in [-0.39, 0.29) is 6.04 Å². The van der Waals surface area contributed by atoms with Crippen LogP contribution in [0.4, 0.5) is 0 Å². The molecule has 0 spiro atoms. The number of rotatable bonds is 4. The molecule has 0 saturated carbocycles. The van der Waals surface area contributed by atoms with E-state index in [0.717, 1.165) is 43.5 Å². The molecule has 23 heavy (non-hydrogen) atoms. The molecular formula is C16H20N6S. The van der Waals surface area contributed by atoms with Gasteiger partial charge in [-0.15, -0.1) is 11.3 Å². The molecule has 1 atom stereocenters. The van der Waals surface area contributed by atoms with Crippen molar-refractivity contribution in [3.8, 4) is 10.7 Å². The van der Waals surface area contributed by atoms with E-state index in [1.807, 2.05) is 18.6 Å². The van der Waals surface area contributed by atoms with Gasteiger partial charge in [0.2, 0.25) is 0 Å². The summed E-state index contributed by atoms with van der Waals surface area (Å²) in [4.78, 5) is 16.1. The van der Waals surface area contributed by atoms with Crippen LogP contribution in [0.15, 0.2) is 36.1 Å². The van der Waals surface area contributed by atoms with Crippen LogP contribution in [0.3, 0.4) is 0 Å². The lowest BCUT2D eigenvalue weighted by Crippen LogP contribution is -2.46. The average molecular weight is 328 g/mol. The van der Waals surface area contributed by atoms with Gasteiger partial charge in [0.1, 0.15) is 11.6 Å². The first kappa shape index (κ1) is 14.6. The van der Waals surface area contributed by atoms with Crippen LogP contribution in [-0.4, -0.2) is 44.1 Å². The van der Waals surface area contributed by atoms with Gasteiger partial charge in [-0.2, -0.15) is 0 Å². The Bertz CT molecular complexity index is 759. The van der Waals surface area contributed by atoms with Crippen molar-refractivity contribution in [1.82, 2.24) is 29.7 Å². The highest BCUT2D eigenvalue weighted by molar-refractivity contribution is 7.13. The number of hydrogen-bond donors (Lipinski definition) is 2. The number of imidazole rings is 2. The molecule has 4 heterocycles. The van der Waals surface area contributed by atoms with Gasteiger partial charge in [0.25, 0.3) is 0 Å². The van der Waals surface area contributed by atoms with Gasteiger partial charge in [0, 0.05) is 57.5 Å². The zero-order chi connectivity index (χ0) is 15.6. The third-order valence-electron chi connectivity index (χ3n) is 4.27. The first-order chi connectivity index (χ1) is 11.3. The van der Waals surface area contributed by atoms with Crippen LogP contribution in [0.2, 0.25) is 0 Å². The third kappa shape index (κ3) is 2.95. The standard InChI is InChI=1S/C16H20N6S/c1-21-6-5-18-16(21)13-10-17-4-7-22(13)11-12-9-19-15(20-12)14-3-2-8-23-14/h2-3,5-6,8-9,13,17H,4,7,10-11H2,1H3,(H,19,20). The van der Waals surface area contributed by atoms with Crippen LogP contribution in [-0.2, 0) is 13.6 Å². The molecule has 1 unspecified atom stereocenters. The molecule has 6 nitrogen and oxygen atoms in total. The number of nitrogens with one attached hydrogen (secondary N) is 2. The number of piperazine rings is 1. The summed E-state index contributed by atoms with van der Waals surface area (Å²) >= 11 is 1.71. The highest BCUT2D eigenvalue weighted by Crippen LogP contribution is 2.24. The SMILES string of the molecule is Cn1ccnc1C1CNCCN1Cc1cnc(-c2cccs2)[nH]1. The number of hydrogen-bond acceptors (Lipinski definition) is 5. The molecule has 0 radical (unpaired) electrons. The second kappa shape index (κ2) is 6.27. The molecule has 1 aliphatic rings. The average Bonchev–Trinajstić information content (AvgIpc) is 3.29. The van der Waals surface area contributed by atoms with Crippen molar-refractivity contribution in [2.45, 2.75) is 12.6 Å². The van der Waals surface area contributed by atoms with E-state index in [1.165, 1.54) is 4.88 Å². The van der Waals surface area contributed by atoms with Crippen molar-refractivity contribution in [3.63, 3.8) is 0 Å². The molecule has 0 aromatic carbocycles. The summed E-state index contributed by atoms with van der Waals surface area (Å²) in [5, 5.41) is 5.55. The lowest BCUT2D eigenvalue weighted by atomic mass is 10.1. The van der Waals surface area contributed by atoms with E-state index < -0.39 is 0 Å². The van der Waals surface area contributed by atoms with Gasteiger partial charge in [-0.25, -0.2) is 9.97 Å². The fraction of sp³-hybridized carbons (Fsp3) is 0.375. The number of aromatic nitrogens is 4. The predicted octanol–water partition coefficient (Wildman–Crippen LogP) is 2.02. The van der Waals surface area contributed by atoms with E-state index in [0.29, 0.717) is 0 Å². The maximum absolute atomic E-state index is 4.53. The van der Waals surface area contributed by atoms with E-state index in [1.54, 1.807) is 11.3 Å². The molecule has 0 bridgehead atoms. The molecule has 0 aliphatic carbocycles. The normalized spacial score (nSPS) is 19.3. The molecule has 1 fully saturated rings. The Balaban J connectivity index is 1.53. The zero-order valence-electron chi connectivity index (χ0n) is 13.1. The minimum atomic E-state index is 0.289. The Labute approximate surface area is 139 Å². The van der Waals surface area contributed by atoms with Crippen molar-refractivity contribution in [2.75, 3.05) is 19.6 Å². The van der Waals surface area contributed by atoms with E-state index in [4.69, 9.17) is 0 Å². The monoisotopic (exact) mass is 328 g/mol. The summed E-state index contributed by atoms with van der Waals surface area (Å²) in [5.41, 5.74) is 1.15. The molecule has 3 aromatic heterocycles. The summed E-state index contributed by atoms with van der Waals surface area (Å²) in [6, 6.07) is 4.43. The van der Waals surface area contributed by atoms with Crippen LogP contribution < -0.4 is 5.32 Å². The Morgan fingerprint density at radius 1 is 1.39 bits per heavy atom. The minimum absolute atomic E-state index is 0.289. The highest BCUT2D eigenvalue weighted by Gasteiger charge is 2.27. The summed E-state index contributed by atoms with van der Waals surface area (Å²) in [6.45, 7) is 3.80. The van der Waals surface area contributed by atoms with Crippen molar-refractivity contribution in [2.24, 2.45) is 7.05 Å². The number of H-pyrrole nitrogens is 1. The van der Waals surface area contributed by atoms with Gasteiger partial charge in [-0.3, -0.25) is 4.90 Å². The first-order valence-corrected chi connectivity index (χ1v) is 8.69. The quantitative estimate of drug-likeness (QED) is 0.769.